The molecule has 1 aromatic carbocycles. The van der Waals surface area contributed by atoms with Gasteiger partial charge in [-0.25, -0.2) is 4.98 Å². The Balaban J connectivity index is 2.11. The maximum absolute atomic E-state index is 5.20. The first-order valence-corrected chi connectivity index (χ1v) is 5.83. The summed E-state index contributed by atoms with van der Waals surface area (Å²) in [7, 11) is 1.67. The molecule has 2 rings (SSSR count). The monoisotopic (exact) mass is 235 g/mol. The van der Waals surface area contributed by atoms with Crippen LogP contribution in [0.4, 0.5) is 0 Å². The first kappa shape index (κ1) is 11.0. The lowest BCUT2D eigenvalue weighted by molar-refractivity contribution is 0.414. The molecule has 0 amide bonds. The van der Waals surface area contributed by atoms with E-state index in [-0.39, 0.29) is 0 Å². The van der Waals surface area contributed by atoms with E-state index in [0.29, 0.717) is 5.25 Å². The molecular formula is C11H13N3OS. The number of benzene rings is 1. The highest BCUT2D eigenvalue weighted by atomic mass is 32.2. The van der Waals surface area contributed by atoms with E-state index in [0.717, 1.165) is 10.9 Å². The van der Waals surface area contributed by atoms with Gasteiger partial charge in [-0.3, -0.25) is 5.10 Å². The van der Waals surface area contributed by atoms with Gasteiger partial charge in [0.15, 0.2) is 5.16 Å². The van der Waals surface area contributed by atoms with Crippen molar-refractivity contribution in [2.24, 2.45) is 0 Å². The molecule has 1 aromatic heterocycles. The van der Waals surface area contributed by atoms with E-state index >= 15 is 0 Å². The second-order valence-corrected chi connectivity index (χ2v) is 4.66. The minimum absolute atomic E-state index is 0.308. The average Bonchev–Trinajstić information content (AvgIpc) is 2.82. The SMILES string of the molecule is COc1cccc([C@H](C)Sc2ncn[nH]2)c1. The molecule has 0 fully saturated rings. The summed E-state index contributed by atoms with van der Waals surface area (Å²) in [6, 6.07) is 8.05. The molecule has 2 aromatic rings. The van der Waals surface area contributed by atoms with Gasteiger partial charge in [0.25, 0.3) is 0 Å². The van der Waals surface area contributed by atoms with E-state index in [9.17, 15) is 0 Å². The van der Waals surface area contributed by atoms with Crippen molar-refractivity contribution in [3.63, 3.8) is 0 Å². The van der Waals surface area contributed by atoms with Crippen LogP contribution in [-0.2, 0) is 0 Å². The molecule has 0 saturated heterocycles. The molecule has 0 radical (unpaired) electrons. The van der Waals surface area contributed by atoms with Crippen LogP contribution in [-0.4, -0.2) is 22.3 Å². The Hall–Kier alpha value is -1.49. The molecule has 4 nitrogen and oxygen atoms in total. The second-order valence-electron chi connectivity index (χ2n) is 3.33. The highest BCUT2D eigenvalue weighted by molar-refractivity contribution is 7.99. The minimum Gasteiger partial charge on any atom is -0.497 e. The Labute approximate surface area is 98.4 Å². The standard InChI is InChI=1S/C11H13N3OS/c1-8(16-11-12-7-13-14-11)9-4-3-5-10(6-9)15-2/h3-8H,1-2H3,(H,12,13,14)/t8-/m0/s1. The van der Waals surface area contributed by atoms with Gasteiger partial charge < -0.3 is 4.74 Å². The number of methoxy groups -OCH3 is 1. The van der Waals surface area contributed by atoms with Crippen LogP contribution in [0.25, 0.3) is 0 Å². The van der Waals surface area contributed by atoms with Crippen LogP contribution in [0.1, 0.15) is 17.7 Å². The van der Waals surface area contributed by atoms with Crippen LogP contribution in [0.5, 0.6) is 5.75 Å². The predicted molar refractivity (Wildman–Crippen MR) is 63.6 cm³/mol. The van der Waals surface area contributed by atoms with Crippen LogP contribution in [0.15, 0.2) is 35.7 Å². The highest BCUT2D eigenvalue weighted by Gasteiger charge is 2.09. The Morgan fingerprint density at radius 3 is 3.00 bits per heavy atom. The molecule has 0 spiro atoms. The summed E-state index contributed by atoms with van der Waals surface area (Å²) < 4.78 is 5.20. The molecule has 16 heavy (non-hydrogen) atoms. The molecular weight excluding hydrogens is 222 g/mol. The molecule has 0 aliphatic carbocycles. The molecule has 0 aliphatic rings. The summed E-state index contributed by atoms with van der Waals surface area (Å²) in [6.07, 6.45) is 1.51. The van der Waals surface area contributed by atoms with Gasteiger partial charge in [0, 0.05) is 5.25 Å². The number of hydrogen-bond acceptors (Lipinski definition) is 4. The van der Waals surface area contributed by atoms with Gasteiger partial charge in [-0.1, -0.05) is 23.9 Å². The number of H-pyrrole nitrogens is 1. The van der Waals surface area contributed by atoms with Crippen LogP contribution < -0.4 is 4.74 Å². The van der Waals surface area contributed by atoms with E-state index in [1.165, 1.54) is 11.9 Å². The molecule has 1 atom stereocenters. The normalized spacial score (nSPS) is 12.4. The van der Waals surface area contributed by atoms with Gasteiger partial charge in [0.05, 0.1) is 7.11 Å². The summed E-state index contributed by atoms with van der Waals surface area (Å²) in [5, 5.41) is 7.80. The van der Waals surface area contributed by atoms with Crippen molar-refractivity contribution in [2.75, 3.05) is 7.11 Å². The second kappa shape index (κ2) is 5.03. The zero-order valence-corrected chi connectivity index (χ0v) is 9.99. The third kappa shape index (κ3) is 2.55. The van der Waals surface area contributed by atoms with Gasteiger partial charge >= 0.3 is 0 Å². The summed E-state index contributed by atoms with van der Waals surface area (Å²) in [4.78, 5) is 4.09. The minimum atomic E-state index is 0.308. The van der Waals surface area contributed by atoms with Crippen molar-refractivity contribution < 1.29 is 4.74 Å². The first-order chi connectivity index (χ1) is 7.79. The van der Waals surface area contributed by atoms with Crippen LogP contribution in [0.2, 0.25) is 0 Å². The average molecular weight is 235 g/mol. The van der Waals surface area contributed by atoms with Gasteiger partial charge in [0.1, 0.15) is 12.1 Å². The highest BCUT2D eigenvalue weighted by Crippen LogP contribution is 2.33. The largest absolute Gasteiger partial charge is 0.497 e. The predicted octanol–water partition coefficient (Wildman–Crippen LogP) is 2.67. The third-order valence-electron chi connectivity index (χ3n) is 2.24. The van der Waals surface area contributed by atoms with Crippen molar-refractivity contribution in [2.45, 2.75) is 17.3 Å². The van der Waals surface area contributed by atoms with Gasteiger partial charge in [-0.2, -0.15) is 5.10 Å². The van der Waals surface area contributed by atoms with Crippen LogP contribution >= 0.6 is 11.8 Å². The lowest BCUT2D eigenvalue weighted by atomic mass is 10.1. The number of aromatic nitrogens is 3. The molecule has 1 heterocycles. The number of rotatable bonds is 4. The number of thioether (sulfide) groups is 1. The Bertz CT molecular complexity index is 444. The number of nitrogens with zero attached hydrogens (tertiary/aromatic N) is 2. The summed E-state index contributed by atoms with van der Waals surface area (Å²) >= 11 is 1.64. The Kier molecular flexibility index (Phi) is 3.46. The number of aromatic amines is 1. The molecule has 0 saturated carbocycles. The first-order valence-electron chi connectivity index (χ1n) is 4.95. The third-order valence-corrected chi connectivity index (χ3v) is 3.29. The fraction of sp³-hybridized carbons (Fsp3) is 0.273. The lowest BCUT2D eigenvalue weighted by Gasteiger charge is -2.10. The van der Waals surface area contributed by atoms with Crippen molar-refractivity contribution in [1.29, 1.82) is 0 Å². The maximum atomic E-state index is 5.20. The van der Waals surface area contributed by atoms with Crippen LogP contribution in [0, 0.1) is 0 Å². The lowest BCUT2D eigenvalue weighted by Crippen LogP contribution is -1.91. The van der Waals surface area contributed by atoms with Crippen molar-refractivity contribution in [3.8, 4) is 5.75 Å². The molecule has 0 bridgehead atoms. The zero-order valence-electron chi connectivity index (χ0n) is 9.18. The van der Waals surface area contributed by atoms with Crippen molar-refractivity contribution in [3.05, 3.63) is 36.2 Å². The maximum Gasteiger partial charge on any atom is 0.183 e. The topological polar surface area (TPSA) is 50.8 Å². The van der Waals surface area contributed by atoms with E-state index < -0.39 is 0 Å². The number of nitrogens with one attached hydrogen (secondary N) is 1. The van der Waals surface area contributed by atoms with Crippen molar-refractivity contribution >= 4 is 11.8 Å². The van der Waals surface area contributed by atoms with Crippen molar-refractivity contribution in [1.82, 2.24) is 15.2 Å². The summed E-state index contributed by atoms with van der Waals surface area (Å²) in [6.45, 7) is 2.13. The van der Waals surface area contributed by atoms with E-state index in [4.69, 9.17) is 4.74 Å². The smallest absolute Gasteiger partial charge is 0.183 e. The quantitative estimate of drug-likeness (QED) is 0.828. The van der Waals surface area contributed by atoms with Gasteiger partial charge in [-0.15, -0.1) is 0 Å². The Morgan fingerprint density at radius 2 is 2.31 bits per heavy atom. The molecule has 1 N–H and O–H groups in total. The fourth-order valence-corrected chi connectivity index (χ4v) is 2.21. The molecule has 0 aliphatic heterocycles. The Morgan fingerprint density at radius 1 is 1.44 bits per heavy atom. The number of ether oxygens (including phenoxy) is 1. The van der Waals surface area contributed by atoms with Gasteiger partial charge in [0.2, 0.25) is 0 Å². The fourth-order valence-electron chi connectivity index (χ4n) is 1.38. The van der Waals surface area contributed by atoms with E-state index in [1.807, 2.05) is 18.2 Å². The summed E-state index contributed by atoms with van der Waals surface area (Å²) in [5.74, 6) is 0.877. The molecule has 84 valence electrons. The zero-order chi connectivity index (χ0) is 11.4. The number of hydrogen-bond donors (Lipinski definition) is 1. The van der Waals surface area contributed by atoms with Crippen LogP contribution in [0.3, 0.4) is 0 Å². The van der Waals surface area contributed by atoms with E-state index in [1.54, 1.807) is 18.9 Å². The van der Waals surface area contributed by atoms with E-state index in [2.05, 4.69) is 28.2 Å². The molecule has 0 unspecified atom stereocenters. The summed E-state index contributed by atoms with van der Waals surface area (Å²) in [5.41, 5.74) is 1.21. The molecule has 5 heteroatoms. The van der Waals surface area contributed by atoms with Gasteiger partial charge in [-0.05, 0) is 24.6 Å².